The van der Waals surface area contributed by atoms with Gasteiger partial charge in [0.1, 0.15) is 5.54 Å². The van der Waals surface area contributed by atoms with Crippen molar-refractivity contribution in [3.8, 4) is 6.07 Å². The van der Waals surface area contributed by atoms with Crippen molar-refractivity contribution in [1.29, 1.82) is 5.26 Å². The maximum atomic E-state index is 12.0. The lowest BCUT2D eigenvalue weighted by molar-refractivity contribution is -0.385. The number of nitro groups is 1. The van der Waals surface area contributed by atoms with Gasteiger partial charge in [0, 0.05) is 11.6 Å². The quantitative estimate of drug-likeness (QED) is 0.483. The van der Waals surface area contributed by atoms with E-state index in [1.165, 1.54) is 25.1 Å². The number of nitrogens with zero attached hydrogens (tertiary/aromatic N) is 2. The molecular weight excluding hydrogens is 314 g/mol. The normalized spacial score (nSPS) is 12.8. The van der Waals surface area contributed by atoms with Crippen LogP contribution in [-0.2, 0) is 9.53 Å². The summed E-state index contributed by atoms with van der Waals surface area (Å²) in [4.78, 5) is 34.2. The molecule has 0 saturated carbocycles. The molecule has 1 aromatic carbocycles. The lowest BCUT2D eigenvalue weighted by atomic mass is 9.90. The monoisotopic (exact) mass is 333 g/mol. The molecule has 8 heteroatoms. The number of esters is 1. The topological polar surface area (TPSA) is 122 Å². The molecule has 0 radical (unpaired) electrons. The van der Waals surface area contributed by atoms with Crippen LogP contribution in [0.1, 0.15) is 36.7 Å². The van der Waals surface area contributed by atoms with E-state index in [1.807, 2.05) is 6.07 Å². The molecule has 0 spiro atoms. The maximum Gasteiger partial charge on any atom is 0.339 e. The smallest absolute Gasteiger partial charge is 0.339 e. The Labute approximate surface area is 139 Å². The lowest BCUT2D eigenvalue weighted by Gasteiger charge is -2.27. The number of ether oxygens (including phenoxy) is 1. The molecule has 0 saturated heterocycles. The summed E-state index contributed by atoms with van der Waals surface area (Å²) in [6.07, 6.45) is 0. The van der Waals surface area contributed by atoms with E-state index in [1.54, 1.807) is 20.8 Å². The molecule has 1 amide bonds. The second-order valence-electron chi connectivity index (χ2n) is 5.80. The fraction of sp³-hybridized carbons (Fsp3) is 0.438. The number of nitro benzene ring substituents is 1. The number of amides is 1. The van der Waals surface area contributed by atoms with Crippen LogP contribution in [0.25, 0.3) is 0 Å². The molecule has 24 heavy (non-hydrogen) atoms. The molecule has 1 aromatic rings. The van der Waals surface area contributed by atoms with E-state index < -0.39 is 28.9 Å². The second kappa shape index (κ2) is 7.55. The van der Waals surface area contributed by atoms with Crippen LogP contribution in [0.2, 0.25) is 0 Å². The van der Waals surface area contributed by atoms with Crippen LogP contribution < -0.4 is 5.32 Å². The standard InChI is InChI=1S/C16H19N3O5/c1-10(2)16(4,9-17)18-14(20)8-24-15(21)12-6-5-7-13(11(12)3)19(22)23/h5-7,10H,8H2,1-4H3,(H,18,20)/t16-/m0/s1. The largest absolute Gasteiger partial charge is 0.452 e. The molecule has 1 N–H and O–H groups in total. The van der Waals surface area contributed by atoms with Gasteiger partial charge in [0.05, 0.1) is 16.6 Å². The SMILES string of the molecule is Cc1c(C(=O)OCC(=O)N[C@@](C)(C#N)C(C)C)cccc1[N+](=O)[O-]. The molecule has 1 atom stereocenters. The Balaban J connectivity index is 2.78. The molecule has 0 aliphatic heterocycles. The van der Waals surface area contributed by atoms with Gasteiger partial charge in [-0.1, -0.05) is 19.9 Å². The second-order valence-corrected chi connectivity index (χ2v) is 5.80. The van der Waals surface area contributed by atoms with Gasteiger partial charge in [-0.2, -0.15) is 5.26 Å². The van der Waals surface area contributed by atoms with Gasteiger partial charge in [0.25, 0.3) is 11.6 Å². The molecule has 0 aliphatic carbocycles. The van der Waals surface area contributed by atoms with Crippen molar-refractivity contribution in [2.45, 2.75) is 33.2 Å². The van der Waals surface area contributed by atoms with Gasteiger partial charge in [-0.3, -0.25) is 14.9 Å². The van der Waals surface area contributed by atoms with Gasteiger partial charge in [-0.05, 0) is 25.8 Å². The zero-order valence-corrected chi connectivity index (χ0v) is 14.0. The van der Waals surface area contributed by atoms with Gasteiger partial charge < -0.3 is 10.1 Å². The Morgan fingerprint density at radius 2 is 2.08 bits per heavy atom. The first kappa shape index (κ1) is 19.1. The number of hydrogen-bond acceptors (Lipinski definition) is 6. The average Bonchev–Trinajstić information content (AvgIpc) is 2.52. The van der Waals surface area contributed by atoms with Gasteiger partial charge in [-0.25, -0.2) is 4.79 Å². The lowest BCUT2D eigenvalue weighted by Crippen LogP contribution is -2.50. The first-order valence-corrected chi connectivity index (χ1v) is 7.25. The van der Waals surface area contributed by atoms with Crippen molar-refractivity contribution in [3.63, 3.8) is 0 Å². The Morgan fingerprint density at radius 1 is 1.46 bits per heavy atom. The number of rotatable bonds is 6. The molecule has 1 rings (SSSR count). The first-order valence-electron chi connectivity index (χ1n) is 7.25. The van der Waals surface area contributed by atoms with Crippen molar-refractivity contribution in [3.05, 3.63) is 39.4 Å². The van der Waals surface area contributed by atoms with E-state index in [4.69, 9.17) is 10.00 Å². The van der Waals surface area contributed by atoms with Crippen molar-refractivity contribution in [2.24, 2.45) is 5.92 Å². The summed E-state index contributed by atoms with van der Waals surface area (Å²) < 4.78 is 4.89. The summed E-state index contributed by atoms with van der Waals surface area (Å²) in [5, 5.41) is 22.5. The van der Waals surface area contributed by atoms with E-state index in [0.717, 1.165) is 0 Å². The number of hydrogen-bond donors (Lipinski definition) is 1. The van der Waals surface area contributed by atoms with Gasteiger partial charge in [-0.15, -0.1) is 0 Å². The van der Waals surface area contributed by atoms with E-state index in [-0.39, 0.29) is 22.7 Å². The van der Waals surface area contributed by atoms with Gasteiger partial charge >= 0.3 is 5.97 Å². The summed E-state index contributed by atoms with van der Waals surface area (Å²) in [6, 6.07) is 6.04. The van der Waals surface area contributed by atoms with Crippen LogP contribution in [0.15, 0.2) is 18.2 Å². The Hall–Kier alpha value is -2.95. The minimum absolute atomic E-state index is 0.0175. The highest BCUT2D eigenvalue weighted by molar-refractivity contribution is 5.93. The van der Waals surface area contributed by atoms with Crippen LogP contribution in [0.3, 0.4) is 0 Å². The fourth-order valence-corrected chi connectivity index (χ4v) is 1.88. The van der Waals surface area contributed by atoms with Crippen LogP contribution in [0, 0.1) is 34.3 Å². The number of nitriles is 1. The maximum absolute atomic E-state index is 12.0. The molecule has 0 fully saturated rings. The molecule has 0 aliphatic rings. The van der Waals surface area contributed by atoms with Crippen molar-refractivity contribution >= 4 is 17.6 Å². The molecule has 128 valence electrons. The molecular formula is C16H19N3O5. The molecule has 0 bridgehead atoms. The third-order valence-corrected chi connectivity index (χ3v) is 3.84. The number of carbonyl (C=O) groups is 2. The van der Waals surface area contributed by atoms with E-state index in [0.29, 0.717) is 0 Å². The Bertz CT molecular complexity index is 708. The third-order valence-electron chi connectivity index (χ3n) is 3.84. The summed E-state index contributed by atoms with van der Waals surface area (Å²) in [7, 11) is 0. The first-order chi connectivity index (χ1) is 11.1. The van der Waals surface area contributed by atoms with Crippen molar-refractivity contribution in [2.75, 3.05) is 6.61 Å². The van der Waals surface area contributed by atoms with Crippen LogP contribution >= 0.6 is 0 Å². The van der Waals surface area contributed by atoms with E-state index >= 15 is 0 Å². The summed E-state index contributed by atoms with van der Waals surface area (Å²) in [5.41, 5.74) is -1.10. The highest BCUT2D eigenvalue weighted by Crippen LogP contribution is 2.21. The van der Waals surface area contributed by atoms with Crippen LogP contribution in [0.4, 0.5) is 5.69 Å². The third kappa shape index (κ3) is 4.29. The number of benzene rings is 1. The van der Waals surface area contributed by atoms with Crippen LogP contribution in [-0.4, -0.2) is 28.9 Å². The predicted molar refractivity (Wildman–Crippen MR) is 85.1 cm³/mol. The Morgan fingerprint density at radius 3 is 2.58 bits per heavy atom. The molecule has 0 aromatic heterocycles. The van der Waals surface area contributed by atoms with Gasteiger partial charge in [0.15, 0.2) is 6.61 Å². The van der Waals surface area contributed by atoms with Crippen molar-refractivity contribution < 1.29 is 19.2 Å². The summed E-state index contributed by atoms with van der Waals surface area (Å²) >= 11 is 0. The van der Waals surface area contributed by atoms with Crippen molar-refractivity contribution in [1.82, 2.24) is 5.32 Å². The van der Waals surface area contributed by atoms with Gasteiger partial charge in [0.2, 0.25) is 0 Å². The zero-order valence-electron chi connectivity index (χ0n) is 14.0. The van der Waals surface area contributed by atoms with E-state index in [9.17, 15) is 19.7 Å². The minimum atomic E-state index is -1.08. The van der Waals surface area contributed by atoms with E-state index in [2.05, 4.69) is 5.32 Å². The highest BCUT2D eigenvalue weighted by atomic mass is 16.6. The van der Waals surface area contributed by atoms with Crippen LogP contribution in [0.5, 0.6) is 0 Å². The molecule has 8 nitrogen and oxygen atoms in total. The highest BCUT2D eigenvalue weighted by Gasteiger charge is 2.30. The molecule has 0 heterocycles. The average molecular weight is 333 g/mol. The Kier molecular flexibility index (Phi) is 6.01. The summed E-state index contributed by atoms with van der Waals surface area (Å²) in [6.45, 7) is 5.98. The predicted octanol–water partition coefficient (Wildman–Crippen LogP) is 2.11. The number of nitrogens with one attached hydrogen (secondary N) is 1. The summed E-state index contributed by atoms with van der Waals surface area (Å²) in [5.74, 6) is -1.60. The fourth-order valence-electron chi connectivity index (χ4n) is 1.88. The zero-order chi connectivity index (χ0) is 18.5. The molecule has 0 unspecified atom stereocenters. The number of carbonyl (C=O) groups excluding carboxylic acids is 2. The minimum Gasteiger partial charge on any atom is -0.452 e.